The van der Waals surface area contributed by atoms with E-state index in [1.807, 2.05) is 42.5 Å². The van der Waals surface area contributed by atoms with E-state index in [4.69, 9.17) is 9.47 Å². The Hall–Kier alpha value is -5.31. The maximum Gasteiger partial charge on any atom is 0.259 e. The van der Waals surface area contributed by atoms with E-state index in [1.165, 1.54) is 6.20 Å². The number of carbonyl (C=O) groups is 2. The van der Waals surface area contributed by atoms with Crippen LogP contribution in [0.15, 0.2) is 97.5 Å². The number of pyridine rings is 3. The molecule has 0 saturated heterocycles. The van der Waals surface area contributed by atoms with Gasteiger partial charge in [0, 0.05) is 29.7 Å². The second kappa shape index (κ2) is 13.6. The molecule has 0 aliphatic carbocycles. The van der Waals surface area contributed by atoms with Gasteiger partial charge in [-0.15, -0.1) is 0 Å². The van der Waals surface area contributed by atoms with E-state index in [-0.39, 0.29) is 11.8 Å². The quantitative estimate of drug-likeness (QED) is 0.192. The van der Waals surface area contributed by atoms with Gasteiger partial charge in [-0.1, -0.05) is 38.1 Å². The summed E-state index contributed by atoms with van der Waals surface area (Å²) in [5.74, 6) is 0.731. The monoisotopic (exact) mass is 575 g/mol. The highest BCUT2D eigenvalue weighted by molar-refractivity contribution is 6.07. The Labute approximate surface area is 250 Å². The van der Waals surface area contributed by atoms with Crippen molar-refractivity contribution in [2.24, 2.45) is 5.92 Å². The first-order chi connectivity index (χ1) is 20.9. The number of methoxy groups -OCH3 is 1. The molecule has 3 heterocycles. The van der Waals surface area contributed by atoms with Gasteiger partial charge < -0.3 is 20.1 Å². The minimum atomic E-state index is -0.529. The Bertz CT molecular complexity index is 1670. The van der Waals surface area contributed by atoms with Gasteiger partial charge in [-0.05, 0) is 66.9 Å². The number of fused-ring (bicyclic) bond motifs is 1. The predicted octanol–water partition coefficient (Wildman–Crippen LogP) is 6.23. The van der Waals surface area contributed by atoms with Crippen molar-refractivity contribution in [3.05, 3.63) is 120 Å². The molecule has 9 nitrogen and oxygen atoms in total. The predicted molar refractivity (Wildman–Crippen MR) is 165 cm³/mol. The fraction of sp³-hybridized carbons (Fsp3) is 0.206. The number of hydrogen-bond donors (Lipinski definition) is 2. The topological polar surface area (TPSA) is 115 Å². The number of para-hydroxylation sites is 1. The van der Waals surface area contributed by atoms with Crippen LogP contribution in [0.5, 0.6) is 11.5 Å². The van der Waals surface area contributed by atoms with Crippen LogP contribution < -0.4 is 20.1 Å². The van der Waals surface area contributed by atoms with Crippen LogP contribution in [-0.2, 0) is 0 Å². The number of carbonyl (C=O) groups excluding carboxylic acids is 2. The molecule has 0 spiro atoms. The Morgan fingerprint density at radius 3 is 2.23 bits per heavy atom. The molecule has 0 saturated carbocycles. The van der Waals surface area contributed by atoms with Crippen molar-refractivity contribution in [3.63, 3.8) is 0 Å². The molecular formula is C34H33N5O4. The Kier molecular flexibility index (Phi) is 9.21. The molecule has 0 aliphatic rings. The first kappa shape index (κ1) is 29.2. The van der Waals surface area contributed by atoms with E-state index in [9.17, 15) is 9.59 Å². The molecule has 0 aliphatic heterocycles. The normalized spacial score (nSPS) is 11.0. The molecule has 0 atom stereocenters. The SMILES string of the molecule is COc1cccc(C(=O)Nc2ccc3cc(C(=O)NC(c4ccccn4)c4ccccn4)cnc3c2)c1OCCC(C)C. The van der Waals surface area contributed by atoms with Crippen LogP contribution in [0, 0.1) is 5.92 Å². The molecule has 0 bridgehead atoms. The van der Waals surface area contributed by atoms with Gasteiger partial charge in [-0.3, -0.25) is 24.5 Å². The molecule has 5 rings (SSSR count). The van der Waals surface area contributed by atoms with Crippen LogP contribution in [0.3, 0.4) is 0 Å². The summed E-state index contributed by atoms with van der Waals surface area (Å²) in [6.07, 6.45) is 5.73. The molecule has 218 valence electrons. The van der Waals surface area contributed by atoms with Gasteiger partial charge in [-0.25, -0.2) is 0 Å². The standard InChI is InChI=1S/C34H33N5O4/c1-22(2)15-18-43-32-26(9-8-12-30(32)42-3)34(41)38-25-14-13-23-19-24(21-37-29(23)20-25)33(40)39-31(27-10-4-6-16-35-27)28-11-5-7-17-36-28/h4-14,16-17,19-22,31H,15,18H2,1-3H3,(H,38,41)(H,39,40). The number of ether oxygens (including phenoxy) is 2. The third kappa shape index (κ3) is 7.13. The molecular weight excluding hydrogens is 542 g/mol. The fourth-order valence-corrected chi connectivity index (χ4v) is 4.53. The van der Waals surface area contributed by atoms with Crippen LogP contribution in [0.25, 0.3) is 10.9 Å². The molecule has 9 heteroatoms. The van der Waals surface area contributed by atoms with Crippen molar-refractivity contribution in [1.82, 2.24) is 20.3 Å². The maximum atomic E-state index is 13.3. The van der Waals surface area contributed by atoms with Gasteiger partial charge in [0.2, 0.25) is 0 Å². The number of anilines is 1. The third-order valence-corrected chi connectivity index (χ3v) is 6.83. The lowest BCUT2D eigenvalue weighted by atomic mass is 10.1. The van der Waals surface area contributed by atoms with Crippen molar-refractivity contribution in [2.45, 2.75) is 26.3 Å². The molecule has 3 aromatic heterocycles. The second-order valence-corrected chi connectivity index (χ2v) is 10.4. The number of benzene rings is 2. The summed E-state index contributed by atoms with van der Waals surface area (Å²) in [6, 6.07) is 22.9. The number of amides is 2. The Morgan fingerprint density at radius 1 is 0.837 bits per heavy atom. The zero-order chi connectivity index (χ0) is 30.2. The molecule has 2 N–H and O–H groups in total. The molecule has 2 aromatic carbocycles. The lowest BCUT2D eigenvalue weighted by Gasteiger charge is -2.18. The lowest BCUT2D eigenvalue weighted by molar-refractivity contribution is 0.0940. The van der Waals surface area contributed by atoms with Crippen molar-refractivity contribution in [1.29, 1.82) is 0 Å². The molecule has 2 amide bonds. The number of aromatic nitrogens is 3. The maximum absolute atomic E-state index is 13.3. The molecule has 5 aromatic rings. The van der Waals surface area contributed by atoms with Gasteiger partial charge in [0.25, 0.3) is 11.8 Å². The van der Waals surface area contributed by atoms with Gasteiger partial charge in [0.1, 0.15) is 6.04 Å². The largest absolute Gasteiger partial charge is 0.493 e. The van der Waals surface area contributed by atoms with E-state index >= 15 is 0 Å². The number of nitrogens with zero attached hydrogens (tertiary/aromatic N) is 3. The summed E-state index contributed by atoms with van der Waals surface area (Å²) >= 11 is 0. The van der Waals surface area contributed by atoms with Crippen LogP contribution in [0.2, 0.25) is 0 Å². The molecule has 43 heavy (non-hydrogen) atoms. The first-order valence-corrected chi connectivity index (χ1v) is 14.1. The van der Waals surface area contributed by atoms with Crippen LogP contribution >= 0.6 is 0 Å². The van der Waals surface area contributed by atoms with E-state index in [2.05, 4.69) is 39.4 Å². The molecule has 0 radical (unpaired) electrons. The highest BCUT2D eigenvalue weighted by Gasteiger charge is 2.21. The average molecular weight is 576 g/mol. The van der Waals surface area contributed by atoms with Crippen molar-refractivity contribution in [3.8, 4) is 11.5 Å². The van der Waals surface area contributed by atoms with Gasteiger partial charge >= 0.3 is 0 Å². The average Bonchev–Trinajstić information content (AvgIpc) is 3.03. The Morgan fingerprint density at radius 2 is 1.58 bits per heavy atom. The highest BCUT2D eigenvalue weighted by Crippen LogP contribution is 2.32. The summed E-state index contributed by atoms with van der Waals surface area (Å²) in [5, 5.41) is 6.72. The number of hydrogen-bond acceptors (Lipinski definition) is 7. The Balaban J connectivity index is 1.33. The summed E-state index contributed by atoms with van der Waals surface area (Å²) < 4.78 is 11.4. The minimum Gasteiger partial charge on any atom is -0.493 e. The van der Waals surface area contributed by atoms with E-state index in [0.717, 1.165) is 11.8 Å². The van der Waals surface area contributed by atoms with Crippen LogP contribution in [0.4, 0.5) is 5.69 Å². The molecule has 0 unspecified atom stereocenters. The van der Waals surface area contributed by atoms with Crippen molar-refractivity contribution < 1.29 is 19.1 Å². The van der Waals surface area contributed by atoms with Crippen molar-refractivity contribution in [2.75, 3.05) is 19.0 Å². The third-order valence-electron chi connectivity index (χ3n) is 6.83. The zero-order valence-electron chi connectivity index (χ0n) is 24.3. The first-order valence-electron chi connectivity index (χ1n) is 14.1. The highest BCUT2D eigenvalue weighted by atomic mass is 16.5. The summed E-state index contributed by atoms with van der Waals surface area (Å²) in [5.41, 5.74) is 3.29. The van der Waals surface area contributed by atoms with E-state index < -0.39 is 6.04 Å². The number of rotatable bonds is 11. The summed E-state index contributed by atoms with van der Waals surface area (Å²) in [7, 11) is 1.55. The second-order valence-electron chi connectivity index (χ2n) is 10.4. The summed E-state index contributed by atoms with van der Waals surface area (Å²) in [6.45, 7) is 4.70. The van der Waals surface area contributed by atoms with Crippen LogP contribution in [0.1, 0.15) is 58.4 Å². The fourth-order valence-electron chi connectivity index (χ4n) is 4.53. The number of nitrogens with one attached hydrogen (secondary N) is 2. The van der Waals surface area contributed by atoms with Crippen LogP contribution in [-0.4, -0.2) is 40.5 Å². The lowest BCUT2D eigenvalue weighted by Crippen LogP contribution is -2.30. The smallest absolute Gasteiger partial charge is 0.259 e. The molecule has 0 fully saturated rings. The van der Waals surface area contributed by atoms with Gasteiger partial charge in [-0.2, -0.15) is 0 Å². The van der Waals surface area contributed by atoms with Crippen molar-refractivity contribution >= 4 is 28.4 Å². The van der Waals surface area contributed by atoms with Gasteiger partial charge in [0.05, 0.1) is 41.7 Å². The van der Waals surface area contributed by atoms with Gasteiger partial charge in [0.15, 0.2) is 11.5 Å². The van der Waals surface area contributed by atoms with E-state index in [0.29, 0.717) is 57.7 Å². The summed E-state index contributed by atoms with van der Waals surface area (Å²) in [4.78, 5) is 40.0. The zero-order valence-corrected chi connectivity index (χ0v) is 24.3. The van der Waals surface area contributed by atoms with E-state index in [1.54, 1.807) is 55.9 Å². The minimum absolute atomic E-state index is 0.309.